The Balaban J connectivity index is 1.14. The molecule has 174 valence electrons. The van der Waals surface area contributed by atoms with Crippen LogP contribution in [0.3, 0.4) is 0 Å². The largest absolute Gasteiger partial charge is 0.497 e. The van der Waals surface area contributed by atoms with Gasteiger partial charge in [0, 0.05) is 37.1 Å². The lowest BCUT2D eigenvalue weighted by Gasteiger charge is -2.34. The fourth-order valence-electron chi connectivity index (χ4n) is 4.26. The number of rotatable bonds is 6. The van der Waals surface area contributed by atoms with E-state index in [4.69, 9.17) is 9.72 Å². The topological polar surface area (TPSA) is 83.0 Å². The number of thiazole rings is 1. The molecule has 0 unspecified atom stereocenters. The van der Waals surface area contributed by atoms with E-state index < -0.39 is 11.8 Å². The highest BCUT2D eigenvalue weighted by atomic mass is 32.1. The molecule has 0 aliphatic carbocycles. The zero-order valence-electron chi connectivity index (χ0n) is 18.8. The lowest BCUT2D eigenvalue weighted by Crippen LogP contribution is -2.51. The summed E-state index contributed by atoms with van der Waals surface area (Å²) in [7, 11) is 1.65. The van der Waals surface area contributed by atoms with Crippen LogP contribution >= 0.6 is 11.3 Å². The number of fused-ring (bicyclic) bond motifs is 1. The Morgan fingerprint density at radius 3 is 2.38 bits per heavy atom. The van der Waals surface area contributed by atoms with E-state index in [0.29, 0.717) is 37.3 Å². The van der Waals surface area contributed by atoms with Crippen LogP contribution < -0.4 is 4.74 Å². The van der Waals surface area contributed by atoms with Gasteiger partial charge in [0.25, 0.3) is 11.8 Å². The second-order valence-corrected chi connectivity index (χ2v) is 9.20. The van der Waals surface area contributed by atoms with E-state index in [1.54, 1.807) is 47.6 Å². The monoisotopic (exact) mass is 476 g/mol. The number of amides is 3. The van der Waals surface area contributed by atoms with Crippen molar-refractivity contribution in [1.82, 2.24) is 19.7 Å². The molecule has 1 aromatic heterocycles. The SMILES string of the molecule is COc1cccc(-c2csc(CN3CCN(C(=O)CN4C(=O)c5ccccc5C4=O)CC3)n2)c1. The molecule has 0 bridgehead atoms. The van der Waals surface area contributed by atoms with Crippen molar-refractivity contribution in [3.8, 4) is 17.0 Å². The maximum Gasteiger partial charge on any atom is 0.262 e. The molecule has 3 amide bonds. The first-order chi connectivity index (χ1) is 16.5. The van der Waals surface area contributed by atoms with Crippen LogP contribution in [0.15, 0.2) is 53.9 Å². The normalized spacial score (nSPS) is 16.1. The maximum atomic E-state index is 12.8. The number of hydrogen-bond acceptors (Lipinski definition) is 7. The lowest BCUT2D eigenvalue weighted by atomic mass is 10.1. The molecule has 0 spiro atoms. The van der Waals surface area contributed by atoms with Crippen molar-refractivity contribution in [3.63, 3.8) is 0 Å². The smallest absolute Gasteiger partial charge is 0.262 e. The second-order valence-electron chi connectivity index (χ2n) is 8.26. The molecule has 5 rings (SSSR count). The van der Waals surface area contributed by atoms with E-state index >= 15 is 0 Å². The minimum atomic E-state index is -0.400. The Labute approximate surface area is 201 Å². The van der Waals surface area contributed by atoms with Gasteiger partial charge in [-0.2, -0.15) is 0 Å². The van der Waals surface area contributed by atoms with E-state index in [1.807, 2.05) is 29.6 Å². The summed E-state index contributed by atoms with van der Waals surface area (Å²) in [5, 5.41) is 3.06. The molecule has 9 heteroatoms. The minimum absolute atomic E-state index is 0.205. The third kappa shape index (κ3) is 4.32. The number of carbonyl (C=O) groups is 3. The van der Waals surface area contributed by atoms with Gasteiger partial charge < -0.3 is 9.64 Å². The zero-order valence-corrected chi connectivity index (χ0v) is 19.6. The van der Waals surface area contributed by atoms with Crippen molar-refractivity contribution in [2.75, 3.05) is 39.8 Å². The van der Waals surface area contributed by atoms with Gasteiger partial charge in [-0.05, 0) is 24.3 Å². The third-order valence-electron chi connectivity index (χ3n) is 6.17. The number of nitrogens with zero attached hydrogens (tertiary/aromatic N) is 4. The molecule has 3 aromatic rings. The molecule has 0 radical (unpaired) electrons. The van der Waals surface area contributed by atoms with Gasteiger partial charge in [0.05, 0.1) is 30.5 Å². The van der Waals surface area contributed by atoms with Gasteiger partial charge in [0.2, 0.25) is 5.91 Å². The van der Waals surface area contributed by atoms with Gasteiger partial charge in [-0.25, -0.2) is 4.98 Å². The van der Waals surface area contributed by atoms with Crippen LogP contribution in [-0.2, 0) is 11.3 Å². The average Bonchev–Trinajstić information content (AvgIpc) is 3.43. The van der Waals surface area contributed by atoms with Gasteiger partial charge in [-0.3, -0.25) is 24.2 Å². The number of benzene rings is 2. The highest BCUT2D eigenvalue weighted by molar-refractivity contribution is 7.09. The molecule has 0 atom stereocenters. The summed E-state index contributed by atoms with van der Waals surface area (Å²) < 4.78 is 5.30. The van der Waals surface area contributed by atoms with E-state index in [2.05, 4.69) is 4.90 Å². The van der Waals surface area contributed by atoms with Crippen LogP contribution in [0.4, 0.5) is 0 Å². The Morgan fingerprint density at radius 1 is 1.00 bits per heavy atom. The molecular weight excluding hydrogens is 452 g/mol. The Morgan fingerprint density at radius 2 is 1.71 bits per heavy atom. The first-order valence-corrected chi connectivity index (χ1v) is 12.0. The van der Waals surface area contributed by atoms with E-state index in [0.717, 1.165) is 33.5 Å². The predicted octanol–water partition coefficient (Wildman–Crippen LogP) is 2.76. The van der Waals surface area contributed by atoms with Crippen molar-refractivity contribution in [3.05, 3.63) is 70.0 Å². The molecule has 2 aliphatic heterocycles. The first kappa shape index (κ1) is 22.2. The fourth-order valence-corrected chi connectivity index (χ4v) is 5.11. The molecule has 0 saturated carbocycles. The highest BCUT2D eigenvalue weighted by Gasteiger charge is 2.37. The van der Waals surface area contributed by atoms with Gasteiger partial charge in [0.15, 0.2) is 0 Å². The van der Waals surface area contributed by atoms with Crippen molar-refractivity contribution in [2.45, 2.75) is 6.54 Å². The molecule has 0 N–H and O–H groups in total. The molecule has 8 nitrogen and oxygen atoms in total. The molecule has 34 heavy (non-hydrogen) atoms. The number of hydrogen-bond donors (Lipinski definition) is 0. The number of imide groups is 1. The molecule has 2 aliphatic rings. The predicted molar refractivity (Wildman–Crippen MR) is 128 cm³/mol. The van der Waals surface area contributed by atoms with E-state index in [9.17, 15) is 14.4 Å². The number of ether oxygens (including phenoxy) is 1. The third-order valence-corrected chi connectivity index (χ3v) is 7.01. The molecule has 2 aromatic carbocycles. The highest BCUT2D eigenvalue weighted by Crippen LogP contribution is 2.26. The number of piperazine rings is 1. The van der Waals surface area contributed by atoms with Crippen LogP contribution in [0, 0.1) is 0 Å². The number of aromatic nitrogens is 1. The standard InChI is InChI=1S/C25H24N4O4S/c1-33-18-6-4-5-17(13-18)21-16-34-22(26-21)14-27-9-11-28(12-10-27)23(30)15-29-24(31)19-7-2-3-8-20(19)25(29)32/h2-8,13,16H,9-12,14-15H2,1H3. The van der Waals surface area contributed by atoms with Gasteiger partial charge in [0.1, 0.15) is 17.3 Å². The van der Waals surface area contributed by atoms with Crippen LogP contribution in [-0.4, -0.2) is 77.2 Å². The molecule has 3 heterocycles. The van der Waals surface area contributed by atoms with Crippen LogP contribution in [0.1, 0.15) is 25.7 Å². The number of methoxy groups -OCH3 is 1. The lowest BCUT2D eigenvalue weighted by molar-refractivity contribution is -0.133. The minimum Gasteiger partial charge on any atom is -0.497 e. The van der Waals surface area contributed by atoms with Crippen molar-refractivity contribution < 1.29 is 19.1 Å². The van der Waals surface area contributed by atoms with Crippen molar-refractivity contribution in [1.29, 1.82) is 0 Å². The van der Waals surface area contributed by atoms with Crippen LogP contribution in [0.2, 0.25) is 0 Å². The quantitative estimate of drug-likeness (QED) is 0.509. The van der Waals surface area contributed by atoms with Crippen LogP contribution in [0.25, 0.3) is 11.3 Å². The summed E-state index contributed by atoms with van der Waals surface area (Å²) in [6.45, 7) is 3.02. The molecule has 1 saturated heterocycles. The molecule has 1 fully saturated rings. The average molecular weight is 477 g/mol. The van der Waals surface area contributed by atoms with Crippen molar-refractivity contribution >= 4 is 29.1 Å². The van der Waals surface area contributed by atoms with E-state index in [-0.39, 0.29) is 12.5 Å². The molecular formula is C25H24N4O4S. The fraction of sp³-hybridized carbons (Fsp3) is 0.280. The van der Waals surface area contributed by atoms with Gasteiger partial charge in [-0.1, -0.05) is 24.3 Å². The van der Waals surface area contributed by atoms with E-state index in [1.165, 1.54) is 0 Å². The summed E-state index contributed by atoms with van der Waals surface area (Å²) >= 11 is 1.62. The maximum absolute atomic E-state index is 12.8. The summed E-state index contributed by atoms with van der Waals surface area (Å²) in [5.74, 6) is -0.204. The zero-order chi connectivity index (χ0) is 23.7. The Hall–Kier alpha value is -3.56. The summed E-state index contributed by atoms with van der Waals surface area (Å²) in [4.78, 5) is 47.7. The number of carbonyl (C=O) groups excluding carboxylic acids is 3. The summed E-state index contributed by atoms with van der Waals surface area (Å²) in [6, 6.07) is 14.5. The summed E-state index contributed by atoms with van der Waals surface area (Å²) in [6.07, 6.45) is 0. The Bertz CT molecular complexity index is 1210. The first-order valence-electron chi connectivity index (χ1n) is 11.1. The van der Waals surface area contributed by atoms with Gasteiger partial charge in [-0.15, -0.1) is 11.3 Å². The van der Waals surface area contributed by atoms with Crippen molar-refractivity contribution in [2.24, 2.45) is 0 Å². The summed E-state index contributed by atoms with van der Waals surface area (Å²) in [5.41, 5.74) is 2.67. The van der Waals surface area contributed by atoms with Gasteiger partial charge >= 0.3 is 0 Å². The van der Waals surface area contributed by atoms with Crippen LogP contribution in [0.5, 0.6) is 5.75 Å². The second kappa shape index (κ2) is 9.36. The Kier molecular flexibility index (Phi) is 6.12.